The Labute approximate surface area is 175 Å². The fourth-order valence-corrected chi connectivity index (χ4v) is 2.70. The predicted molar refractivity (Wildman–Crippen MR) is 125 cm³/mol. The third kappa shape index (κ3) is 8.10. The molecule has 2 aromatic rings. The Morgan fingerprint density at radius 1 is 0.966 bits per heavy atom. The molecule has 2 heteroatoms. The molecule has 0 spiro atoms. The van der Waals surface area contributed by atoms with Gasteiger partial charge in [-0.1, -0.05) is 91.6 Å². The molecule has 0 fully saturated rings. The smallest absolute Gasteiger partial charge is 0.170 e. The summed E-state index contributed by atoms with van der Waals surface area (Å²) in [5.41, 5.74) is 6.45. The standard InChI is InChI=1S/C16H16O2.C11H14/c1-4-6-13(5-2)14-7-9-15(10-8-14)16(18)11-12(3)17;1-4-5-11-8-9(2)6-7-10(11)3/h4-10H,1-2,11H2,3H3;4-8H,1-3H3/b13-6+;5-4-. The van der Waals surface area contributed by atoms with E-state index >= 15 is 0 Å². The normalized spacial score (nSPS) is 10.8. The van der Waals surface area contributed by atoms with E-state index in [0.29, 0.717) is 5.56 Å². The van der Waals surface area contributed by atoms with E-state index in [1.54, 1.807) is 24.3 Å². The van der Waals surface area contributed by atoms with Crippen LogP contribution in [0.4, 0.5) is 0 Å². The second-order valence-electron chi connectivity index (χ2n) is 6.80. The number of allylic oxidation sites excluding steroid dienone is 5. The molecule has 2 aromatic carbocycles. The molecule has 0 saturated carbocycles. The summed E-state index contributed by atoms with van der Waals surface area (Å²) in [5, 5.41) is 0. The summed E-state index contributed by atoms with van der Waals surface area (Å²) < 4.78 is 0. The molecule has 2 nitrogen and oxygen atoms in total. The van der Waals surface area contributed by atoms with Gasteiger partial charge in [-0.25, -0.2) is 0 Å². The Bertz CT molecular complexity index is 926. The highest BCUT2D eigenvalue weighted by Crippen LogP contribution is 2.17. The fourth-order valence-electron chi connectivity index (χ4n) is 2.70. The van der Waals surface area contributed by atoms with E-state index in [1.165, 1.54) is 23.6 Å². The van der Waals surface area contributed by atoms with Crippen molar-refractivity contribution in [1.29, 1.82) is 0 Å². The van der Waals surface area contributed by atoms with Gasteiger partial charge in [0.15, 0.2) is 5.78 Å². The third-order valence-electron chi connectivity index (χ3n) is 4.25. The average Bonchev–Trinajstić information content (AvgIpc) is 2.69. The molecule has 0 aliphatic heterocycles. The monoisotopic (exact) mass is 386 g/mol. The molecule has 0 unspecified atom stereocenters. The number of carbonyl (C=O) groups is 2. The Morgan fingerprint density at radius 2 is 1.59 bits per heavy atom. The number of ketones is 2. The van der Waals surface area contributed by atoms with Crippen molar-refractivity contribution in [3.8, 4) is 0 Å². The van der Waals surface area contributed by atoms with Crippen LogP contribution >= 0.6 is 0 Å². The van der Waals surface area contributed by atoms with Crippen molar-refractivity contribution in [3.05, 3.63) is 108 Å². The maximum atomic E-state index is 11.7. The molecular weight excluding hydrogens is 356 g/mol. The van der Waals surface area contributed by atoms with Crippen molar-refractivity contribution in [2.75, 3.05) is 0 Å². The van der Waals surface area contributed by atoms with Gasteiger partial charge < -0.3 is 0 Å². The number of rotatable bonds is 7. The fraction of sp³-hybridized carbons (Fsp3) is 0.185. The highest BCUT2D eigenvalue weighted by atomic mass is 16.1. The maximum Gasteiger partial charge on any atom is 0.170 e. The minimum atomic E-state index is -0.151. The predicted octanol–water partition coefficient (Wildman–Crippen LogP) is 6.94. The Balaban J connectivity index is 0.000000326. The summed E-state index contributed by atoms with van der Waals surface area (Å²) >= 11 is 0. The van der Waals surface area contributed by atoms with Crippen LogP contribution in [0.15, 0.2) is 79.9 Å². The van der Waals surface area contributed by atoms with Crippen molar-refractivity contribution in [1.82, 2.24) is 0 Å². The number of hydrogen-bond acceptors (Lipinski definition) is 2. The Morgan fingerprint density at radius 3 is 2.10 bits per heavy atom. The van der Waals surface area contributed by atoms with Crippen LogP contribution < -0.4 is 0 Å². The summed E-state index contributed by atoms with van der Waals surface area (Å²) in [5.74, 6) is -0.274. The van der Waals surface area contributed by atoms with Crippen molar-refractivity contribution in [2.24, 2.45) is 0 Å². The van der Waals surface area contributed by atoms with Gasteiger partial charge in [0.05, 0.1) is 6.42 Å². The number of Topliss-reactive ketones (excluding diaryl/α,β-unsaturated/α-hetero) is 2. The van der Waals surface area contributed by atoms with E-state index in [2.05, 4.69) is 57.4 Å². The van der Waals surface area contributed by atoms with Crippen molar-refractivity contribution >= 4 is 23.2 Å². The van der Waals surface area contributed by atoms with E-state index in [9.17, 15) is 9.59 Å². The first-order chi connectivity index (χ1) is 13.8. The van der Waals surface area contributed by atoms with Crippen LogP contribution in [-0.2, 0) is 4.79 Å². The van der Waals surface area contributed by atoms with Gasteiger partial charge in [-0.2, -0.15) is 0 Å². The lowest BCUT2D eigenvalue weighted by Crippen LogP contribution is -2.04. The van der Waals surface area contributed by atoms with E-state index in [4.69, 9.17) is 0 Å². The zero-order chi connectivity index (χ0) is 21.8. The van der Waals surface area contributed by atoms with Crippen LogP contribution in [-0.4, -0.2) is 11.6 Å². The van der Waals surface area contributed by atoms with Crippen LogP contribution in [0, 0.1) is 13.8 Å². The minimum Gasteiger partial charge on any atom is -0.300 e. The van der Waals surface area contributed by atoms with Gasteiger partial charge in [0.1, 0.15) is 5.78 Å². The van der Waals surface area contributed by atoms with Gasteiger partial charge in [-0.3, -0.25) is 9.59 Å². The molecule has 0 aromatic heterocycles. The van der Waals surface area contributed by atoms with Gasteiger partial charge in [0.25, 0.3) is 0 Å². The van der Waals surface area contributed by atoms with Gasteiger partial charge in [-0.15, -0.1) is 0 Å². The number of hydrogen-bond donors (Lipinski definition) is 0. The van der Waals surface area contributed by atoms with E-state index in [-0.39, 0.29) is 18.0 Å². The largest absolute Gasteiger partial charge is 0.300 e. The first-order valence-electron chi connectivity index (χ1n) is 9.60. The van der Waals surface area contributed by atoms with E-state index in [0.717, 1.165) is 11.1 Å². The summed E-state index contributed by atoms with van der Waals surface area (Å²) in [6, 6.07) is 13.6. The lowest BCUT2D eigenvalue weighted by Gasteiger charge is -2.03. The lowest BCUT2D eigenvalue weighted by atomic mass is 10.0. The second-order valence-corrected chi connectivity index (χ2v) is 6.80. The van der Waals surface area contributed by atoms with Crippen LogP contribution in [0.25, 0.3) is 11.6 Å². The number of benzene rings is 2. The molecular formula is C27H30O2. The first-order valence-corrected chi connectivity index (χ1v) is 9.60. The summed E-state index contributed by atoms with van der Waals surface area (Å²) in [7, 11) is 0. The topological polar surface area (TPSA) is 34.1 Å². The number of aryl methyl sites for hydroxylation is 2. The molecule has 0 bridgehead atoms. The maximum absolute atomic E-state index is 11.7. The van der Waals surface area contributed by atoms with Gasteiger partial charge >= 0.3 is 0 Å². The van der Waals surface area contributed by atoms with Crippen LogP contribution in [0.3, 0.4) is 0 Å². The molecule has 0 amide bonds. The SMILES string of the molecule is C/C=C\c1cc(C)ccc1C.C=C/C=C(\C=C)c1ccc(C(=O)CC(C)=O)cc1. The molecule has 150 valence electrons. The zero-order valence-corrected chi connectivity index (χ0v) is 17.9. The molecule has 0 heterocycles. The van der Waals surface area contributed by atoms with Crippen molar-refractivity contribution in [3.63, 3.8) is 0 Å². The van der Waals surface area contributed by atoms with Crippen LogP contribution in [0.2, 0.25) is 0 Å². The molecule has 0 atom stereocenters. The molecule has 0 saturated heterocycles. The Kier molecular flexibility index (Phi) is 10.0. The number of carbonyl (C=O) groups excluding carboxylic acids is 2. The second kappa shape index (κ2) is 12.2. The molecule has 0 aliphatic rings. The third-order valence-corrected chi connectivity index (χ3v) is 4.25. The highest BCUT2D eigenvalue weighted by molar-refractivity contribution is 6.07. The van der Waals surface area contributed by atoms with E-state index < -0.39 is 0 Å². The molecule has 0 radical (unpaired) electrons. The average molecular weight is 387 g/mol. The van der Waals surface area contributed by atoms with Gasteiger partial charge in [0.2, 0.25) is 0 Å². The zero-order valence-electron chi connectivity index (χ0n) is 17.9. The highest BCUT2D eigenvalue weighted by Gasteiger charge is 2.08. The van der Waals surface area contributed by atoms with Gasteiger partial charge in [-0.05, 0) is 50.0 Å². The quantitative estimate of drug-likeness (QED) is 0.293. The summed E-state index contributed by atoms with van der Waals surface area (Å²) in [6.07, 6.45) is 9.43. The Hall–Kier alpha value is -3.26. The molecule has 0 N–H and O–H groups in total. The molecule has 2 rings (SSSR count). The summed E-state index contributed by atoms with van der Waals surface area (Å²) in [4.78, 5) is 22.5. The minimum absolute atomic E-state index is 0.0455. The molecule has 0 aliphatic carbocycles. The van der Waals surface area contributed by atoms with Crippen molar-refractivity contribution < 1.29 is 9.59 Å². The van der Waals surface area contributed by atoms with Crippen LogP contribution in [0.1, 0.15) is 52.9 Å². The van der Waals surface area contributed by atoms with Gasteiger partial charge in [0, 0.05) is 5.56 Å². The van der Waals surface area contributed by atoms with Crippen molar-refractivity contribution in [2.45, 2.75) is 34.1 Å². The first kappa shape index (κ1) is 23.8. The van der Waals surface area contributed by atoms with Crippen LogP contribution in [0.5, 0.6) is 0 Å². The lowest BCUT2D eigenvalue weighted by molar-refractivity contribution is -0.116. The summed E-state index contributed by atoms with van der Waals surface area (Å²) in [6.45, 7) is 15.1. The molecule has 29 heavy (non-hydrogen) atoms. The van der Waals surface area contributed by atoms with E-state index in [1.807, 2.05) is 25.1 Å².